The lowest BCUT2D eigenvalue weighted by Gasteiger charge is -2.22. The molecule has 0 atom stereocenters. The minimum Gasteiger partial charge on any atom is -0.456 e. The molecular formula is C57H38O. The van der Waals surface area contributed by atoms with E-state index in [1.54, 1.807) is 0 Å². The molecule has 0 saturated carbocycles. The van der Waals surface area contributed by atoms with Gasteiger partial charge in [0.15, 0.2) is 0 Å². The molecule has 0 aliphatic heterocycles. The average Bonchev–Trinajstić information content (AvgIpc) is 3.75. The third kappa shape index (κ3) is 4.90. The maximum atomic E-state index is 6.16. The van der Waals surface area contributed by atoms with E-state index in [0.717, 1.165) is 21.9 Å². The van der Waals surface area contributed by atoms with Crippen LogP contribution in [0.4, 0.5) is 0 Å². The highest BCUT2D eigenvalue weighted by Gasteiger charge is 2.35. The standard InChI is InChI=1S/C57H38O/c1-57(2)51-28-26-40(32-48(51)49-31-38-12-3-4-13-39(38)34-52(49)57)35-22-24-36(25-23-35)55-44-17-5-7-19-46(44)56(47-20-8-6-18-45(47)55)42-15-11-14-37(30-42)41-27-29-54-50(33-41)43-16-9-10-21-53(43)58-54/h3-34H,1-2H3. The van der Waals surface area contributed by atoms with Crippen molar-refractivity contribution in [2.45, 2.75) is 19.3 Å². The number of rotatable bonds is 4. The molecule has 0 unspecified atom stereocenters. The number of para-hydroxylation sites is 1. The lowest BCUT2D eigenvalue weighted by Crippen LogP contribution is -2.14. The molecule has 1 aliphatic carbocycles. The molecule has 58 heavy (non-hydrogen) atoms. The summed E-state index contributed by atoms with van der Waals surface area (Å²) in [5.41, 5.74) is 17.1. The molecule has 10 aromatic carbocycles. The first-order valence-electron chi connectivity index (χ1n) is 20.2. The smallest absolute Gasteiger partial charge is 0.135 e. The summed E-state index contributed by atoms with van der Waals surface area (Å²) in [6.45, 7) is 4.72. The molecule has 1 nitrogen and oxygen atoms in total. The van der Waals surface area contributed by atoms with Gasteiger partial charge in [-0.3, -0.25) is 0 Å². The summed E-state index contributed by atoms with van der Waals surface area (Å²) < 4.78 is 6.16. The lowest BCUT2D eigenvalue weighted by molar-refractivity contribution is 0.661. The molecule has 0 saturated heterocycles. The van der Waals surface area contributed by atoms with Crippen LogP contribution >= 0.6 is 0 Å². The van der Waals surface area contributed by atoms with E-state index in [-0.39, 0.29) is 5.41 Å². The second kappa shape index (κ2) is 12.4. The largest absolute Gasteiger partial charge is 0.456 e. The summed E-state index contributed by atoms with van der Waals surface area (Å²) in [5, 5.41) is 9.89. The average molecular weight is 739 g/mol. The molecule has 0 fully saturated rings. The Hall–Kier alpha value is -7.22. The molecule has 0 bridgehead atoms. The lowest BCUT2D eigenvalue weighted by atomic mass is 9.81. The highest BCUT2D eigenvalue weighted by molar-refractivity contribution is 6.21. The maximum absolute atomic E-state index is 6.16. The topological polar surface area (TPSA) is 13.1 Å². The first kappa shape index (κ1) is 33.0. The van der Waals surface area contributed by atoms with Crippen molar-refractivity contribution in [2.24, 2.45) is 0 Å². The van der Waals surface area contributed by atoms with Crippen LogP contribution in [0.1, 0.15) is 25.0 Å². The molecule has 0 spiro atoms. The molecule has 1 aromatic heterocycles. The van der Waals surface area contributed by atoms with Crippen molar-refractivity contribution in [1.29, 1.82) is 0 Å². The van der Waals surface area contributed by atoms with Gasteiger partial charge in [0.2, 0.25) is 0 Å². The van der Waals surface area contributed by atoms with Gasteiger partial charge >= 0.3 is 0 Å². The third-order valence-corrected chi connectivity index (χ3v) is 12.8. The van der Waals surface area contributed by atoms with Crippen LogP contribution in [-0.4, -0.2) is 0 Å². The minimum atomic E-state index is -0.0451. The Morgan fingerprint density at radius 1 is 0.310 bits per heavy atom. The van der Waals surface area contributed by atoms with Crippen LogP contribution in [0, 0.1) is 0 Å². The molecule has 0 N–H and O–H groups in total. The van der Waals surface area contributed by atoms with Gasteiger partial charge in [-0.05, 0) is 142 Å². The number of fused-ring (bicyclic) bond motifs is 9. The van der Waals surface area contributed by atoms with Crippen molar-refractivity contribution in [3.05, 3.63) is 205 Å². The van der Waals surface area contributed by atoms with E-state index in [4.69, 9.17) is 4.42 Å². The second-order valence-electron chi connectivity index (χ2n) is 16.4. The van der Waals surface area contributed by atoms with Gasteiger partial charge in [-0.1, -0.05) is 166 Å². The van der Waals surface area contributed by atoms with E-state index in [9.17, 15) is 0 Å². The number of furan rings is 1. The molecule has 272 valence electrons. The Kier molecular flexibility index (Phi) is 7.04. The number of hydrogen-bond acceptors (Lipinski definition) is 1. The quantitative estimate of drug-likeness (QED) is 0.164. The maximum Gasteiger partial charge on any atom is 0.135 e. The Labute approximate surface area is 337 Å². The van der Waals surface area contributed by atoms with Crippen LogP contribution in [0.25, 0.3) is 110 Å². The van der Waals surface area contributed by atoms with E-state index in [1.165, 1.54) is 99.1 Å². The molecule has 11 aromatic rings. The van der Waals surface area contributed by atoms with Crippen LogP contribution in [-0.2, 0) is 5.41 Å². The summed E-state index contributed by atoms with van der Waals surface area (Å²) in [4.78, 5) is 0. The van der Waals surface area contributed by atoms with Crippen molar-refractivity contribution in [3.8, 4) is 55.6 Å². The molecule has 1 heteroatoms. The summed E-state index contributed by atoms with van der Waals surface area (Å²) in [5.74, 6) is 0. The highest BCUT2D eigenvalue weighted by atomic mass is 16.3. The second-order valence-corrected chi connectivity index (χ2v) is 16.4. The fourth-order valence-electron chi connectivity index (χ4n) is 9.96. The number of hydrogen-bond donors (Lipinski definition) is 0. The van der Waals surface area contributed by atoms with Crippen molar-refractivity contribution in [1.82, 2.24) is 0 Å². The normalized spacial score (nSPS) is 13.1. The Morgan fingerprint density at radius 3 is 1.53 bits per heavy atom. The van der Waals surface area contributed by atoms with Crippen LogP contribution in [0.5, 0.6) is 0 Å². The van der Waals surface area contributed by atoms with Gasteiger partial charge in [-0.2, -0.15) is 0 Å². The van der Waals surface area contributed by atoms with E-state index in [2.05, 4.69) is 196 Å². The van der Waals surface area contributed by atoms with Crippen molar-refractivity contribution in [2.75, 3.05) is 0 Å². The predicted octanol–water partition coefficient (Wildman–Crippen LogP) is 16.0. The molecule has 0 amide bonds. The monoisotopic (exact) mass is 738 g/mol. The fraction of sp³-hybridized carbons (Fsp3) is 0.0526. The van der Waals surface area contributed by atoms with Crippen LogP contribution in [0.15, 0.2) is 199 Å². The fourth-order valence-corrected chi connectivity index (χ4v) is 9.96. The summed E-state index contributed by atoms with van der Waals surface area (Å²) in [6.07, 6.45) is 0. The van der Waals surface area contributed by atoms with E-state index in [0.29, 0.717) is 0 Å². The van der Waals surface area contributed by atoms with Gasteiger partial charge in [0.05, 0.1) is 0 Å². The Balaban J connectivity index is 0.964. The van der Waals surface area contributed by atoms with Gasteiger partial charge in [0.1, 0.15) is 11.2 Å². The highest BCUT2D eigenvalue weighted by Crippen LogP contribution is 2.51. The summed E-state index contributed by atoms with van der Waals surface area (Å²) in [7, 11) is 0. The predicted molar refractivity (Wildman–Crippen MR) is 246 cm³/mol. The Morgan fingerprint density at radius 2 is 0.810 bits per heavy atom. The van der Waals surface area contributed by atoms with E-state index >= 15 is 0 Å². The minimum absolute atomic E-state index is 0.0451. The van der Waals surface area contributed by atoms with E-state index < -0.39 is 0 Å². The van der Waals surface area contributed by atoms with Gasteiger partial charge in [-0.15, -0.1) is 0 Å². The van der Waals surface area contributed by atoms with Crippen LogP contribution in [0.2, 0.25) is 0 Å². The van der Waals surface area contributed by atoms with Gasteiger partial charge < -0.3 is 4.42 Å². The molecule has 0 radical (unpaired) electrons. The van der Waals surface area contributed by atoms with Gasteiger partial charge in [0.25, 0.3) is 0 Å². The van der Waals surface area contributed by atoms with Crippen molar-refractivity contribution in [3.63, 3.8) is 0 Å². The summed E-state index contributed by atoms with van der Waals surface area (Å²) >= 11 is 0. The first-order valence-corrected chi connectivity index (χ1v) is 20.2. The van der Waals surface area contributed by atoms with Gasteiger partial charge in [0, 0.05) is 16.2 Å². The molecule has 12 rings (SSSR count). The van der Waals surface area contributed by atoms with Crippen molar-refractivity contribution >= 4 is 54.3 Å². The van der Waals surface area contributed by atoms with Crippen LogP contribution < -0.4 is 0 Å². The third-order valence-electron chi connectivity index (χ3n) is 12.8. The van der Waals surface area contributed by atoms with E-state index in [1.807, 2.05) is 12.1 Å². The Bertz CT molecular complexity index is 3410. The van der Waals surface area contributed by atoms with Gasteiger partial charge in [-0.25, -0.2) is 0 Å². The summed E-state index contributed by atoms with van der Waals surface area (Å²) in [6, 6.07) is 71.6. The molecule has 1 aliphatic rings. The van der Waals surface area contributed by atoms with Crippen molar-refractivity contribution < 1.29 is 4.42 Å². The zero-order valence-electron chi connectivity index (χ0n) is 32.4. The molecule has 1 heterocycles. The van der Waals surface area contributed by atoms with Crippen LogP contribution in [0.3, 0.4) is 0 Å². The number of benzene rings is 10. The zero-order valence-corrected chi connectivity index (χ0v) is 32.4. The zero-order chi connectivity index (χ0) is 38.5. The molecular weight excluding hydrogens is 701 g/mol. The first-order chi connectivity index (χ1) is 28.5. The SMILES string of the molecule is CC1(C)c2ccc(-c3ccc(-c4c5ccccc5c(-c5cccc(-c6ccc7oc8ccccc8c7c6)c5)c5ccccc45)cc3)cc2-c2cc3ccccc3cc21.